The number of hydrogen-bond donors (Lipinski definition) is 1. The number of para-hydroxylation sites is 1. The minimum absolute atomic E-state index is 0.308. The van der Waals surface area contributed by atoms with Crippen molar-refractivity contribution in [1.29, 1.82) is 0 Å². The van der Waals surface area contributed by atoms with Gasteiger partial charge in [-0.2, -0.15) is 0 Å². The summed E-state index contributed by atoms with van der Waals surface area (Å²) in [6.07, 6.45) is 5.97. The highest BCUT2D eigenvalue weighted by Crippen LogP contribution is 2.23. The summed E-state index contributed by atoms with van der Waals surface area (Å²) in [5.74, 6) is 3.34. The van der Waals surface area contributed by atoms with Crippen LogP contribution < -0.4 is 10.5 Å². The number of ether oxygens (including phenoxy) is 1. The molecule has 0 bridgehead atoms. The molecule has 0 saturated heterocycles. The first-order valence-electron chi connectivity index (χ1n) is 4.64. The summed E-state index contributed by atoms with van der Waals surface area (Å²) in [7, 11) is 0. The molecule has 0 spiro atoms. The van der Waals surface area contributed by atoms with Gasteiger partial charge >= 0.3 is 0 Å². The van der Waals surface area contributed by atoms with E-state index < -0.39 is 0 Å². The Morgan fingerprint density at radius 3 is 2.93 bits per heavy atom. The van der Waals surface area contributed by atoms with Crippen LogP contribution in [0.5, 0.6) is 5.75 Å². The second-order valence-electron chi connectivity index (χ2n) is 3.09. The van der Waals surface area contributed by atoms with E-state index in [-0.39, 0.29) is 0 Å². The topological polar surface area (TPSA) is 35.2 Å². The minimum Gasteiger partial charge on any atom is -0.480 e. The molecule has 0 radical (unpaired) electrons. The van der Waals surface area contributed by atoms with Crippen LogP contribution in [0.1, 0.15) is 11.1 Å². The third kappa shape index (κ3) is 2.51. The van der Waals surface area contributed by atoms with E-state index in [1.54, 1.807) is 0 Å². The number of nitrogens with two attached hydrogens (primary N) is 1. The second kappa shape index (κ2) is 5.31. The van der Waals surface area contributed by atoms with Gasteiger partial charge in [0.1, 0.15) is 12.4 Å². The van der Waals surface area contributed by atoms with Crippen LogP contribution >= 0.6 is 0 Å². The molecule has 1 rings (SSSR count). The average molecular weight is 189 g/mol. The number of aryl methyl sites for hydroxylation is 1. The molecule has 0 saturated carbocycles. The molecule has 2 N–H and O–H groups in total. The minimum atomic E-state index is 0.308. The highest BCUT2D eigenvalue weighted by Gasteiger charge is 2.05. The SMILES string of the molecule is C#CCOc1c(C)cccc1CCN. The summed E-state index contributed by atoms with van der Waals surface area (Å²) in [5, 5.41) is 0. The van der Waals surface area contributed by atoms with Gasteiger partial charge in [0, 0.05) is 0 Å². The van der Waals surface area contributed by atoms with Gasteiger partial charge in [0.25, 0.3) is 0 Å². The van der Waals surface area contributed by atoms with Gasteiger partial charge in [0.05, 0.1) is 0 Å². The predicted octanol–water partition coefficient (Wildman–Crippen LogP) is 1.51. The third-order valence-corrected chi connectivity index (χ3v) is 2.01. The van der Waals surface area contributed by atoms with Crippen molar-refractivity contribution in [3.63, 3.8) is 0 Å². The van der Waals surface area contributed by atoms with Crippen LogP contribution in [-0.4, -0.2) is 13.2 Å². The molecule has 0 atom stereocenters. The molecule has 1 aromatic rings. The summed E-state index contributed by atoms with van der Waals surface area (Å²) >= 11 is 0. The monoisotopic (exact) mass is 189 g/mol. The Bertz CT molecular complexity index is 339. The zero-order valence-electron chi connectivity index (χ0n) is 8.42. The lowest BCUT2D eigenvalue weighted by molar-refractivity contribution is 0.363. The smallest absolute Gasteiger partial charge is 0.148 e. The van der Waals surface area contributed by atoms with Crippen molar-refractivity contribution < 1.29 is 4.74 Å². The lowest BCUT2D eigenvalue weighted by Crippen LogP contribution is -2.06. The first-order chi connectivity index (χ1) is 6.79. The number of benzene rings is 1. The van der Waals surface area contributed by atoms with E-state index in [1.165, 1.54) is 0 Å². The van der Waals surface area contributed by atoms with E-state index in [4.69, 9.17) is 16.9 Å². The quantitative estimate of drug-likeness (QED) is 0.729. The largest absolute Gasteiger partial charge is 0.480 e. The van der Waals surface area contributed by atoms with Crippen molar-refractivity contribution >= 4 is 0 Å². The molecular formula is C12H15NO. The van der Waals surface area contributed by atoms with Gasteiger partial charge in [0.2, 0.25) is 0 Å². The normalized spacial score (nSPS) is 9.50. The third-order valence-electron chi connectivity index (χ3n) is 2.01. The van der Waals surface area contributed by atoms with Gasteiger partial charge in [-0.3, -0.25) is 0 Å². The highest BCUT2D eigenvalue weighted by atomic mass is 16.5. The van der Waals surface area contributed by atoms with Crippen LogP contribution in [0.4, 0.5) is 0 Å². The molecule has 1 aromatic carbocycles. The van der Waals surface area contributed by atoms with E-state index in [9.17, 15) is 0 Å². The van der Waals surface area contributed by atoms with Crippen LogP contribution in [0.3, 0.4) is 0 Å². The van der Waals surface area contributed by atoms with Crippen molar-refractivity contribution in [3.05, 3.63) is 29.3 Å². The second-order valence-corrected chi connectivity index (χ2v) is 3.09. The number of terminal acetylenes is 1. The molecule has 14 heavy (non-hydrogen) atoms. The molecule has 2 heteroatoms. The fraction of sp³-hybridized carbons (Fsp3) is 0.333. The van der Waals surface area contributed by atoms with Crippen molar-refractivity contribution in [2.24, 2.45) is 5.73 Å². The molecule has 0 aliphatic carbocycles. The maximum atomic E-state index is 5.51. The van der Waals surface area contributed by atoms with E-state index >= 15 is 0 Å². The number of rotatable bonds is 4. The molecule has 0 heterocycles. The Labute approximate surface area is 85.1 Å². The maximum Gasteiger partial charge on any atom is 0.148 e. The van der Waals surface area contributed by atoms with Gasteiger partial charge in [-0.1, -0.05) is 24.1 Å². The van der Waals surface area contributed by atoms with Crippen molar-refractivity contribution in [3.8, 4) is 18.1 Å². The highest BCUT2D eigenvalue weighted by molar-refractivity contribution is 5.41. The standard InChI is InChI=1S/C12H15NO/c1-3-9-14-12-10(2)5-4-6-11(12)7-8-13/h1,4-6H,7-9,13H2,2H3. The molecule has 2 nitrogen and oxygen atoms in total. The summed E-state index contributed by atoms with van der Waals surface area (Å²) in [6, 6.07) is 6.03. The van der Waals surface area contributed by atoms with Gasteiger partial charge < -0.3 is 10.5 Å². The lowest BCUT2D eigenvalue weighted by Gasteiger charge is -2.11. The van der Waals surface area contributed by atoms with Crippen LogP contribution in [0, 0.1) is 19.3 Å². The van der Waals surface area contributed by atoms with E-state index in [1.807, 2.05) is 25.1 Å². The van der Waals surface area contributed by atoms with Crippen LogP contribution in [-0.2, 0) is 6.42 Å². The van der Waals surface area contributed by atoms with Gasteiger partial charge in [-0.25, -0.2) is 0 Å². The van der Waals surface area contributed by atoms with Gasteiger partial charge in [-0.15, -0.1) is 6.42 Å². The van der Waals surface area contributed by atoms with Crippen LogP contribution in [0.15, 0.2) is 18.2 Å². The van der Waals surface area contributed by atoms with Crippen molar-refractivity contribution in [2.45, 2.75) is 13.3 Å². The van der Waals surface area contributed by atoms with Gasteiger partial charge in [-0.05, 0) is 31.0 Å². The molecule has 0 aromatic heterocycles. The van der Waals surface area contributed by atoms with Crippen molar-refractivity contribution in [1.82, 2.24) is 0 Å². The Morgan fingerprint density at radius 1 is 1.50 bits per heavy atom. The molecule has 0 aliphatic rings. The summed E-state index contributed by atoms with van der Waals surface area (Å²) < 4.78 is 5.48. The Morgan fingerprint density at radius 2 is 2.29 bits per heavy atom. The fourth-order valence-corrected chi connectivity index (χ4v) is 1.39. The van der Waals surface area contributed by atoms with Crippen molar-refractivity contribution in [2.75, 3.05) is 13.2 Å². The first-order valence-corrected chi connectivity index (χ1v) is 4.64. The zero-order chi connectivity index (χ0) is 10.4. The van der Waals surface area contributed by atoms with Crippen LogP contribution in [0.2, 0.25) is 0 Å². The van der Waals surface area contributed by atoms with Gasteiger partial charge in [0.15, 0.2) is 0 Å². The van der Waals surface area contributed by atoms with E-state index in [0.29, 0.717) is 13.2 Å². The van der Waals surface area contributed by atoms with Crippen LogP contribution in [0.25, 0.3) is 0 Å². The molecule has 0 fully saturated rings. The zero-order valence-corrected chi connectivity index (χ0v) is 8.42. The first kappa shape index (κ1) is 10.6. The van der Waals surface area contributed by atoms with E-state index in [0.717, 1.165) is 23.3 Å². The molecule has 0 amide bonds. The lowest BCUT2D eigenvalue weighted by atomic mass is 10.1. The summed E-state index contributed by atoms with van der Waals surface area (Å²) in [5.41, 5.74) is 7.74. The van der Waals surface area contributed by atoms with E-state index in [2.05, 4.69) is 5.92 Å². The Kier molecular flexibility index (Phi) is 4.03. The molecule has 0 unspecified atom stereocenters. The molecule has 74 valence electrons. The Hall–Kier alpha value is -1.46. The molecular weight excluding hydrogens is 174 g/mol. The summed E-state index contributed by atoms with van der Waals surface area (Å²) in [6.45, 7) is 2.93. The predicted molar refractivity (Wildman–Crippen MR) is 58.3 cm³/mol. The fourth-order valence-electron chi connectivity index (χ4n) is 1.39. The average Bonchev–Trinajstić information content (AvgIpc) is 2.18. The number of hydrogen-bond acceptors (Lipinski definition) is 2. The maximum absolute atomic E-state index is 5.51. The molecule has 0 aliphatic heterocycles. The summed E-state index contributed by atoms with van der Waals surface area (Å²) in [4.78, 5) is 0. The Balaban J connectivity index is 2.91.